The van der Waals surface area contributed by atoms with Gasteiger partial charge < -0.3 is 4.90 Å². The zero-order valence-corrected chi connectivity index (χ0v) is 23.1. The van der Waals surface area contributed by atoms with Gasteiger partial charge >= 0.3 is 0 Å². The summed E-state index contributed by atoms with van der Waals surface area (Å²) in [5.41, 5.74) is 16.3. The standard InChI is InChI=1S/C40H26BN/c1-2-8-25(9-3-1)29-19-22-33-32(24-29)30-12-7-15-37-40(30)41(33)34-13-4-5-14-36(34)42(37)35-23-20-28-17-16-26-10-6-11-27-18-21-31(35)39(28)38(26)27/h1-15,18-24H,16-17H2. The minimum Gasteiger partial charge on any atom is -0.311 e. The fraction of sp³-hybridized carbons (Fsp3) is 0.0500. The number of benzene rings is 7. The van der Waals surface area contributed by atoms with E-state index in [2.05, 4.69) is 138 Å². The first-order valence-electron chi connectivity index (χ1n) is 15.0. The van der Waals surface area contributed by atoms with Crippen molar-refractivity contribution in [2.75, 3.05) is 4.90 Å². The van der Waals surface area contributed by atoms with Gasteiger partial charge in [0, 0.05) is 16.8 Å². The maximum Gasteiger partial charge on any atom is 0.248 e. The third-order valence-corrected chi connectivity index (χ3v) is 9.94. The van der Waals surface area contributed by atoms with Crippen molar-refractivity contribution in [3.63, 3.8) is 0 Å². The molecule has 7 aromatic carbocycles. The Hall–Kier alpha value is -5.08. The van der Waals surface area contributed by atoms with E-state index >= 15 is 0 Å². The van der Waals surface area contributed by atoms with E-state index in [4.69, 9.17) is 0 Å². The fourth-order valence-electron chi connectivity index (χ4n) is 8.18. The number of nitrogens with zero attached hydrogens (tertiary/aromatic N) is 1. The Balaban J connectivity index is 1.26. The van der Waals surface area contributed by atoms with Crippen LogP contribution in [0.4, 0.5) is 17.1 Å². The molecule has 1 nitrogen and oxygen atoms in total. The first kappa shape index (κ1) is 22.6. The molecule has 194 valence electrons. The molecule has 0 N–H and O–H groups in total. The number of rotatable bonds is 2. The molecule has 3 aliphatic rings. The Morgan fingerprint density at radius 3 is 2.21 bits per heavy atom. The van der Waals surface area contributed by atoms with Gasteiger partial charge in [0.25, 0.3) is 0 Å². The number of hydrogen-bond donors (Lipinski definition) is 0. The van der Waals surface area contributed by atoms with Crippen LogP contribution in [0.1, 0.15) is 11.1 Å². The first-order valence-corrected chi connectivity index (χ1v) is 15.0. The van der Waals surface area contributed by atoms with Crippen LogP contribution >= 0.6 is 0 Å². The van der Waals surface area contributed by atoms with Gasteiger partial charge in [-0.3, -0.25) is 0 Å². The molecule has 7 aromatic rings. The second-order valence-electron chi connectivity index (χ2n) is 12.0. The van der Waals surface area contributed by atoms with E-state index < -0.39 is 0 Å². The molecular weight excluding hydrogens is 505 g/mol. The lowest BCUT2D eigenvalue weighted by Crippen LogP contribution is -2.54. The van der Waals surface area contributed by atoms with Crippen molar-refractivity contribution in [2.24, 2.45) is 0 Å². The SMILES string of the molecule is c1ccc(-c2ccc3c(c2)-c2cccc4c2B3c2ccccc2N4c2ccc3c4c2ccc2cccc(c24)CC3)cc1. The lowest BCUT2D eigenvalue weighted by atomic mass is 9.37. The van der Waals surface area contributed by atoms with Gasteiger partial charge in [-0.1, -0.05) is 115 Å². The van der Waals surface area contributed by atoms with Crippen molar-refractivity contribution in [1.82, 2.24) is 0 Å². The van der Waals surface area contributed by atoms with Crippen LogP contribution in [0, 0.1) is 0 Å². The minimum atomic E-state index is 0.236. The van der Waals surface area contributed by atoms with Crippen molar-refractivity contribution in [2.45, 2.75) is 12.8 Å². The molecule has 0 saturated carbocycles. The van der Waals surface area contributed by atoms with Gasteiger partial charge in [-0.15, -0.1) is 0 Å². The Labute approximate surface area is 245 Å². The molecule has 10 rings (SSSR count). The molecule has 2 heteroatoms. The number of para-hydroxylation sites is 1. The lowest BCUT2D eigenvalue weighted by molar-refractivity contribution is 0.968. The molecule has 1 aliphatic carbocycles. The first-order chi connectivity index (χ1) is 20.8. The van der Waals surface area contributed by atoms with E-state index in [1.165, 1.54) is 88.4 Å². The van der Waals surface area contributed by atoms with Crippen LogP contribution in [0.5, 0.6) is 0 Å². The average molecular weight is 531 g/mol. The van der Waals surface area contributed by atoms with Crippen LogP contribution in [-0.2, 0) is 12.8 Å². The molecule has 0 bridgehead atoms. The second-order valence-corrected chi connectivity index (χ2v) is 12.0. The fourth-order valence-corrected chi connectivity index (χ4v) is 8.18. The van der Waals surface area contributed by atoms with Gasteiger partial charge in [-0.05, 0) is 97.6 Å². The van der Waals surface area contributed by atoms with Gasteiger partial charge in [-0.2, -0.15) is 0 Å². The number of anilines is 3. The van der Waals surface area contributed by atoms with E-state index in [-0.39, 0.29) is 6.71 Å². The van der Waals surface area contributed by atoms with Gasteiger partial charge in [0.1, 0.15) is 0 Å². The second kappa shape index (κ2) is 8.24. The summed E-state index contributed by atoms with van der Waals surface area (Å²) < 4.78 is 0. The molecule has 0 unspecified atom stereocenters. The lowest BCUT2D eigenvalue weighted by Gasteiger charge is -2.37. The van der Waals surface area contributed by atoms with Crippen LogP contribution < -0.4 is 21.3 Å². The molecule has 0 amide bonds. The summed E-state index contributed by atoms with van der Waals surface area (Å²) in [7, 11) is 0. The van der Waals surface area contributed by atoms with Crippen LogP contribution in [-0.4, -0.2) is 6.71 Å². The van der Waals surface area contributed by atoms with E-state index in [9.17, 15) is 0 Å². The summed E-state index contributed by atoms with van der Waals surface area (Å²) >= 11 is 0. The Kier molecular flexibility index (Phi) is 4.43. The van der Waals surface area contributed by atoms with Crippen molar-refractivity contribution >= 4 is 61.7 Å². The maximum absolute atomic E-state index is 2.55. The highest BCUT2D eigenvalue weighted by atomic mass is 15.2. The molecule has 0 saturated heterocycles. The summed E-state index contributed by atoms with van der Waals surface area (Å²) in [6.07, 6.45) is 2.22. The van der Waals surface area contributed by atoms with E-state index in [1.54, 1.807) is 0 Å². The topological polar surface area (TPSA) is 3.24 Å². The Morgan fingerprint density at radius 1 is 0.476 bits per heavy atom. The molecule has 0 aromatic heterocycles. The highest BCUT2D eigenvalue weighted by Crippen LogP contribution is 2.46. The van der Waals surface area contributed by atoms with Gasteiger partial charge in [0.2, 0.25) is 6.71 Å². The summed E-state index contributed by atoms with van der Waals surface area (Å²) in [4.78, 5) is 2.55. The molecule has 0 spiro atoms. The molecule has 0 fully saturated rings. The monoisotopic (exact) mass is 531 g/mol. The normalized spacial score (nSPS) is 13.9. The van der Waals surface area contributed by atoms with Gasteiger partial charge in [0.05, 0.1) is 5.69 Å². The quantitative estimate of drug-likeness (QED) is 0.161. The predicted octanol–water partition coefficient (Wildman–Crippen LogP) is 8.04. The van der Waals surface area contributed by atoms with Crippen LogP contribution in [0.2, 0.25) is 0 Å². The van der Waals surface area contributed by atoms with E-state index in [0.29, 0.717) is 0 Å². The average Bonchev–Trinajstić information content (AvgIpc) is 3.39. The van der Waals surface area contributed by atoms with Crippen LogP contribution in [0.3, 0.4) is 0 Å². The Morgan fingerprint density at radius 2 is 1.29 bits per heavy atom. The smallest absolute Gasteiger partial charge is 0.248 e. The summed E-state index contributed by atoms with van der Waals surface area (Å²) in [6, 6.07) is 50.1. The highest BCUT2D eigenvalue weighted by molar-refractivity contribution is 7.01. The molecule has 42 heavy (non-hydrogen) atoms. The van der Waals surface area contributed by atoms with Crippen molar-refractivity contribution in [3.8, 4) is 22.3 Å². The number of fused-ring (bicyclic) bond motifs is 5. The van der Waals surface area contributed by atoms with Crippen LogP contribution in [0.15, 0.2) is 133 Å². The third kappa shape index (κ3) is 2.89. The predicted molar refractivity (Wildman–Crippen MR) is 179 cm³/mol. The van der Waals surface area contributed by atoms with E-state index in [1.807, 2.05) is 0 Å². The van der Waals surface area contributed by atoms with Gasteiger partial charge in [0.15, 0.2) is 0 Å². The van der Waals surface area contributed by atoms with E-state index in [0.717, 1.165) is 12.8 Å². The number of aryl methyl sites for hydroxylation is 2. The third-order valence-electron chi connectivity index (χ3n) is 9.94. The molecule has 2 heterocycles. The zero-order chi connectivity index (χ0) is 27.4. The highest BCUT2D eigenvalue weighted by Gasteiger charge is 2.42. The van der Waals surface area contributed by atoms with Crippen LogP contribution in [0.25, 0.3) is 43.8 Å². The number of hydrogen-bond acceptors (Lipinski definition) is 1. The van der Waals surface area contributed by atoms with Crippen molar-refractivity contribution < 1.29 is 0 Å². The molecule has 2 aliphatic heterocycles. The molecular formula is C40H26BN. The molecule has 0 atom stereocenters. The van der Waals surface area contributed by atoms with Gasteiger partial charge in [-0.25, -0.2) is 0 Å². The minimum absolute atomic E-state index is 0.236. The largest absolute Gasteiger partial charge is 0.311 e. The zero-order valence-electron chi connectivity index (χ0n) is 23.1. The van der Waals surface area contributed by atoms with Crippen molar-refractivity contribution in [1.29, 1.82) is 0 Å². The summed E-state index contributed by atoms with van der Waals surface area (Å²) in [5.74, 6) is 0. The maximum atomic E-state index is 2.55. The van der Waals surface area contributed by atoms with Crippen molar-refractivity contribution in [3.05, 3.63) is 145 Å². The summed E-state index contributed by atoms with van der Waals surface area (Å²) in [6.45, 7) is 0.236. The molecule has 0 radical (unpaired) electrons. The summed E-state index contributed by atoms with van der Waals surface area (Å²) in [5, 5.41) is 5.58. The Bertz CT molecular complexity index is 2270.